The summed E-state index contributed by atoms with van der Waals surface area (Å²) in [5.41, 5.74) is 0.990. The molecular weight excluding hydrogens is 516 g/mol. The summed E-state index contributed by atoms with van der Waals surface area (Å²) in [6.45, 7) is 1.62. The number of aliphatic carboxylic acids is 1. The van der Waals surface area contributed by atoms with Crippen LogP contribution in [0.1, 0.15) is 36.8 Å². The number of nitrogens with two attached hydrogens (primary N) is 1. The van der Waals surface area contributed by atoms with Crippen LogP contribution in [0.25, 0.3) is 5.76 Å². The van der Waals surface area contributed by atoms with Crippen molar-refractivity contribution in [3.63, 3.8) is 0 Å². The summed E-state index contributed by atoms with van der Waals surface area (Å²) in [6.07, 6.45) is -2.79. The molecular formula is C26H28N2O11. The number of nitrogens with zero attached hydrogens (tertiary/aromatic N) is 1. The minimum Gasteiger partial charge on any atom is -0.508 e. The van der Waals surface area contributed by atoms with Gasteiger partial charge in [0.25, 0.3) is 5.91 Å². The summed E-state index contributed by atoms with van der Waals surface area (Å²) in [6, 6.07) is 2.81. The molecule has 0 aliphatic heterocycles. The van der Waals surface area contributed by atoms with E-state index in [0.29, 0.717) is 5.56 Å². The number of carboxylic acids is 1. The van der Waals surface area contributed by atoms with Gasteiger partial charge in [0.1, 0.15) is 28.9 Å². The van der Waals surface area contributed by atoms with Gasteiger partial charge in [0.15, 0.2) is 11.4 Å². The van der Waals surface area contributed by atoms with Crippen LogP contribution in [0.15, 0.2) is 35.1 Å². The molecule has 1 amide bonds. The lowest BCUT2D eigenvalue weighted by atomic mass is 9.54. The number of hydrogen-bond donors (Lipinski definition) is 6. The Balaban J connectivity index is 2.05. The number of aliphatic hydroxyl groups is 3. The SMILES string of the molecule is C[C@@H]1c2cccc(O)c2C(O)=C2C(=O)[C@]3(O)C(O)=C(C(N)=O)C(=O)[C@H](N(C)C)[C@H]3[C@H](OC(=O)CCC(=O)O)[C@H]21. The van der Waals surface area contributed by atoms with Crippen LogP contribution in [0.4, 0.5) is 0 Å². The number of likely N-dealkylation sites (N-methyl/N-ethyl adjacent to an activating group) is 1. The normalized spacial score (nSPS) is 30.0. The van der Waals surface area contributed by atoms with Crippen molar-refractivity contribution in [2.75, 3.05) is 14.1 Å². The Hall–Kier alpha value is -4.23. The number of aromatic hydroxyl groups is 1. The molecule has 1 aromatic carbocycles. The Morgan fingerprint density at radius 3 is 2.31 bits per heavy atom. The second kappa shape index (κ2) is 9.50. The highest BCUT2D eigenvalue weighted by Crippen LogP contribution is 2.56. The number of hydrogen-bond acceptors (Lipinski definition) is 11. The monoisotopic (exact) mass is 544 g/mol. The molecule has 1 saturated carbocycles. The van der Waals surface area contributed by atoms with Crippen molar-refractivity contribution >= 4 is 35.2 Å². The van der Waals surface area contributed by atoms with Gasteiger partial charge >= 0.3 is 11.9 Å². The van der Waals surface area contributed by atoms with Crippen molar-refractivity contribution in [1.29, 1.82) is 0 Å². The first-order valence-electron chi connectivity index (χ1n) is 12.0. The fourth-order valence-corrected chi connectivity index (χ4v) is 6.11. The summed E-state index contributed by atoms with van der Waals surface area (Å²) in [7, 11) is 2.80. The molecule has 13 heteroatoms. The van der Waals surface area contributed by atoms with Crippen LogP contribution in [0, 0.1) is 11.8 Å². The first kappa shape index (κ1) is 27.8. The maximum absolute atomic E-state index is 14.0. The molecule has 3 aliphatic carbocycles. The van der Waals surface area contributed by atoms with Crippen LogP contribution >= 0.6 is 0 Å². The van der Waals surface area contributed by atoms with Gasteiger partial charge in [-0.05, 0) is 31.6 Å². The number of phenolic OH excluding ortho intramolecular Hbond substituents is 1. The third-order valence-corrected chi connectivity index (χ3v) is 7.78. The Kier molecular flexibility index (Phi) is 6.77. The predicted molar refractivity (Wildman–Crippen MR) is 131 cm³/mol. The summed E-state index contributed by atoms with van der Waals surface area (Å²) >= 11 is 0. The van der Waals surface area contributed by atoms with E-state index in [1.54, 1.807) is 13.0 Å². The van der Waals surface area contributed by atoms with Gasteiger partial charge < -0.3 is 36.0 Å². The molecule has 1 aromatic rings. The standard InChI is InChI=1S/C26H28N2O11/c1-9-10-5-4-6-11(29)15(10)20(33)16-14(9)22(39-13(32)8-7-12(30)31)18-19(28(2)3)21(34)17(25(27)37)24(36)26(18,38)23(16)35/h4-6,9,14,18-19,22,29,33,36,38H,7-8H2,1-3H3,(H2,27,37)(H,30,31)/t9-,14+,18+,19-,22-,26+/m1/s1. The van der Waals surface area contributed by atoms with Gasteiger partial charge in [-0.2, -0.15) is 0 Å². The maximum atomic E-state index is 14.0. The summed E-state index contributed by atoms with van der Waals surface area (Å²) in [4.78, 5) is 64.8. The number of primary amides is 1. The molecule has 0 unspecified atom stereocenters. The number of fused-ring (bicyclic) bond motifs is 3. The zero-order chi connectivity index (χ0) is 29.1. The molecule has 39 heavy (non-hydrogen) atoms. The van der Waals surface area contributed by atoms with E-state index in [0.717, 1.165) is 0 Å². The zero-order valence-electron chi connectivity index (χ0n) is 21.2. The first-order valence-corrected chi connectivity index (χ1v) is 12.0. The Morgan fingerprint density at radius 1 is 1.10 bits per heavy atom. The molecule has 0 heterocycles. The molecule has 6 atom stereocenters. The summed E-state index contributed by atoms with van der Waals surface area (Å²) < 4.78 is 5.68. The van der Waals surface area contributed by atoms with Crippen LogP contribution < -0.4 is 5.73 Å². The topological polar surface area (TPSA) is 225 Å². The highest BCUT2D eigenvalue weighted by molar-refractivity contribution is 6.24. The summed E-state index contributed by atoms with van der Waals surface area (Å²) in [5, 5.41) is 53.7. The van der Waals surface area contributed by atoms with Crippen molar-refractivity contribution in [2.24, 2.45) is 17.6 Å². The lowest BCUT2D eigenvalue weighted by molar-refractivity contribution is -0.185. The lowest BCUT2D eigenvalue weighted by Gasteiger charge is -2.54. The van der Waals surface area contributed by atoms with E-state index < -0.39 is 100 Å². The largest absolute Gasteiger partial charge is 0.508 e. The highest BCUT2D eigenvalue weighted by Gasteiger charge is 2.69. The van der Waals surface area contributed by atoms with Crippen LogP contribution in [0.3, 0.4) is 0 Å². The predicted octanol–water partition coefficient (Wildman–Crippen LogP) is -0.0885. The van der Waals surface area contributed by atoms with E-state index in [-0.39, 0.29) is 11.3 Å². The molecule has 208 valence electrons. The minimum atomic E-state index is -3.06. The first-order chi connectivity index (χ1) is 18.2. The molecule has 0 aromatic heterocycles. The second-order valence-electron chi connectivity index (χ2n) is 10.1. The molecule has 0 spiro atoms. The van der Waals surface area contributed by atoms with Gasteiger partial charge in [-0.25, -0.2) is 0 Å². The minimum absolute atomic E-state index is 0.114. The number of carboxylic acid groups (broad SMARTS) is 1. The molecule has 0 saturated heterocycles. The van der Waals surface area contributed by atoms with E-state index in [1.165, 1.54) is 31.1 Å². The quantitative estimate of drug-likeness (QED) is 0.204. The van der Waals surface area contributed by atoms with Gasteiger partial charge in [-0.15, -0.1) is 0 Å². The third-order valence-electron chi connectivity index (χ3n) is 7.78. The Labute approximate surface area is 221 Å². The zero-order valence-corrected chi connectivity index (χ0v) is 21.2. The Morgan fingerprint density at radius 2 is 1.74 bits per heavy atom. The molecule has 0 bridgehead atoms. The maximum Gasteiger partial charge on any atom is 0.306 e. The number of ketones is 2. The van der Waals surface area contributed by atoms with E-state index in [1.807, 2.05) is 0 Å². The van der Waals surface area contributed by atoms with Crippen molar-refractivity contribution < 1.29 is 54.2 Å². The van der Waals surface area contributed by atoms with Crippen LogP contribution in [0.5, 0.6) is 5.75 Å². The number of amides is 1. The number of esters is 1. The van der Waals surface area contributed by atoms with Gasteiger partial charge in [0.2, 0.25) is 5.78 Å². The van der Waals surface area contributed by atoms with Gasteiger partial charge in [0.05, 0.1) is 30.4 Å². The van der Waals surface area contributed by atoms with Crippen LogP contribution in [-0.4, -0.2) is 91.7 Å². The van der Waals surface area contributed by atoms with Crippen molar-refractivity contribution in [1.82, 2.24) is 4.90 Å². The van der Waals surface area contributed by atoms with Crippen LogP contribution in [-0.2, 0) is 28.7 Å². The van der Waals surface area contributed by atoms with Crippen LogP contribution in [0.2, 0.25) is 0 Å². The van der Waals surface area contributed by atoms with E-state index in [9.17, 15) is 44.4 Å². The molecule has 0 radical (unpaired) electrons. The number of carbonyl (C=O) groups excluding carboxylic acids is 4. The fourth-order valence-electron chi connectivity index (χ4n) is 6.11. The van der Waals surface area contributed by atoms with Crippen molar-refractivity contribution in [3.8, 4) is 5.75 Å². The third kappa shape index (κ3) is 3.96. The van der Waals surface area contributed by atoms with Crippen molar-refractivity contribution in [3.05, 3.63) is 46.2 Å². The molecule has 1 fully saturated rings. The smallest absolute Gasteiger partial charge is 0.306 e. The number of Topliss-reactive ketones (excluding diaryl/α,β-unsaturated/α-hetero) is 2. The number of aliphatic hydroxyl groups excluding tert-OH is 2. The average Bonchev–Trinajstić information content (AvgIpc) is 2.84. The second-order valence-corrected chi connectivity index (χ2v) is 10.1. The number of ether oxygens (including phenoxy) is 1. The van der Waals surface area contributed by atoms with Gasteiger partial charge in [-0.1, -0.05) is 19.1 Å². The lowest BCUT2D eigenvalue weighted by Crippen LogP contribution is -2.71. The number of carbonyl (C=O) groups is 5. The number of phenols is 1. The van der Waals surface area contributed by atoms with Crippen molar-refractivity contribution in [2.45, 2.75) is 43.4 Å². The molecule has 13 nitrogen and oxygen atoms in total. The van der Waals surface area contributed by atoms with E-state index in [2.05, 4.69) is 0 Å². The Bertz CT molecular complexity index is 1380. The summed E-state index contributed by atoms with van der Waals surface area (Å²) in [5.74, 6) is -12.2. The van der Waals surface area contributed by atoms with Gasteiger partial charge in [-0.3, -0.25) is 28.9 Å². The average molecular weight is 545 g/mol. The fraction of sp³-hybridized carbons (Fsp3) is 0.423. The number of benzene rings is 1. The molecule has 7 N–H and O–H groups in total. The van der Waals surface area contributed by atoms with E-state index >= 15 is 0 Å². The molecule has 3 aliphatic rings. The highest BCUT2D eigenvalue weighted by atomic mass is 16.5. The molecule has 4 rings (SSSR count). The van der Waals surface area contributed by atoms with E-state index in [4.69, 9.17) is 15.6 Å². The van der Waals surface area contributed by atoms with Gasteiger partial charge in [0, 0.05) is 11.5 Å². The number of rotatable bonds is 6.